The fourth-order valence-corrected chi connectivity index (χ4v) is 2.49. The molecule has 2 aromatic rings. The third-order valence-electron chi connectivity index (χ3n) is 2.78. The number of halogens is 2. The van der Waals surface area contributed by atoms with Gasteiger partial charge < -0.3 is 10.1 Å². The average molecular weight is 340 g/mol. The summed E-state index contributed by atoms with van der Waals surface area (Å²) in [6.07, 6.45) is 3.16. The van der Waals surface area contributed by atoms with Gasteiger partial charge in [-0.15, -0.1) is 0 Å². The van der Waals surface area contributed by atoms with Gasteiger partial charge in [-0.1, -0.05) is 22.9 Å². The molecule has 0 spiro atoms. The number of rotatable bonds is 5. The lowest BCUT2D eigenvalue weighted by Gasteiger charge is -2.19. The van der Waals surface area contributed by atoms with E-state index >= 15 is 0 Å². The molecule has 6 heteroatoms. The van der Waals surface area contributed by atoms with E-state index in [9.17, 15) is 4.39 Å². The second-order valence-corrected chi connectivity index (χ2v) is 5.06. The van der Waals surface area contributed by atoms with Gasteiger partial charge in [0.2, 0.25) is 5.88 Å². The summed E-state index contributed by atoms with van der Waals surface area (Å²) in [5.74, 6) is 0.124. The number of nitrogens with zero attached hydrogens (tertiary/aromatic N) is 2. The van der Waals surface area contributed by atoms with E-state index in [1.54, 1.807) is 12.4 Å². The molecule has 0 fully saturated rings. The Balaban J connectivity index is 2.50. The Hall–Kier alpha value is -1.53. The van der Waals surface area contributed by atoms with Crippen molar-refractivity contribution in [1.29, 1.82) is 0 Å². The summed E-state index contributed by atoms with van der Waals surface area (Å²) in [7, 11) is 1.54. The van der Waals surface area contributed by atoms with Gasteiger partial charge in [0, 0.05) is 16.9 Å². The fraction of sp³-hybridized carbons (Fsp3) is 0.286. The molecule has 4 nitrogen and oxygen atoms in total. The van der Waals surface area contributed by atoms with Crippen molar-refractivity contribution in [2.75, 3.05) is 13.7 Å². The number of nitrogens with one attached hydrogen (secondary N) is 1. The quantitative estimate of drug-likeness (QED) is 0.909. The van der Waals surface area contributed by atoms with Gasteiger partial charge in [0.25, 0.3) is 0 Å². The smallest absolute Gasteiger partial charge is 0.237 e. The molecule has 1 atom stereocenters. The first-order valence-corrected chi connectivity index (χ1v) is 6.99. The highest BCUT2D eigenvalue weighted by molar-refractivity contribution is 9.10. The van der Waals surface area contributed by atoms with Gasteiger partial charge in [0.05, 0.1) is 13.2 Å². The summed E-state index contributed by atoms with van der Waals surface area (Å²) in [4.78, 5) is 8.46. The van der Waals surface area contributed by atoms with Crippen molar-refractivity contribution in [3.05, 3.63) is 52.1 Å². The highest BCUT2D eigenvalue weighted by Gasteiger charge is 2.20. The summed E-state index contributed by atoms with van der Waals surface area (Å²) in [6.45, 7) is 2.68. The molecule has 0 saturated heterocycles. The maximum Gasteiger partial charge on any atom is 0.237 e. The molecule has 20 heavy (non-hydrogen) atoms. The highest BCUT2D eigenvalue weighted by Crippen LogP contribution is 2.28. The molecular weight excluding hydrogens is 325 g/mol. The summed E-state index contributed by atoms with van der Waals surface area (Å²) in [6, 6.07) is 4.47. The Morgan fingerprint density at radius 1 is 1.30 bits per heavy atom. The molecule has 1 aromatic heterocycles. The lowest BCUT2D eigenvalue weighted by atomic mass is 10.0. The van der Waals surface area contributed by atoms with Gasteiger partial charge in [-0.05, 0) is 30.3 Å². The van der Waals surface area contributed by atoms with Gasteiger partial charge in [-0.2, -0.15) is 0 Å². The van der Waals surface area contributed by atoms with E-state index in [1.165, 1.54) is 19.2 Å². The average Bonchev–Trinajstić information content (AvgIpc) is 2.43. The van der Waals surface area contributed by atoms with Gasteiger partial charge in [0.1, 0.15) is 11.5 Å². The molecule has 2 rings (SSSR count). The van der Waals surface area contributed by atoms with Crippen LogP contribution in [0.15, 0.2) is 35.1 Å². The zero-order chi connectivity index (χ0) is 14.5. The Kier molecular flexibility index (Phi) is 5.03. The van der Waals surface area contributed by atoms with Crippen LogP contribution in [0.2, 0.25) is 0 Å². The summed E-state index contributed by atoms with van der Waals surface area (Å²) >= 11 is 3.31. The lowest BCUT2D eigenvalue weighted by molar-refractivity contribution is 0.383. The molecule has 1 aromatic carbocycles. The maximum absolute atomic E-state index is 13.6. The van der Waals surface area contributed by atoms with Crippen LogP contribution < -0.4 is 10.1 Å². The van der Waals surface area contributed by atoms with Gasteiger partial charge in [0.15, 0.2) is 0 Å². The summed E-state index contributed by atoms with van der Waals surface area (Å²) < 4.78 is 19.5. The molecular formula is C14H15BrFN3O. The minimum absolute atomic E-state index is 0.282. The minimum Gasteiger partial charge on any atom is -0.480 e. The van der Waals surface area contributed by atoms with Crippen molar-refractivity contribution in [1.82, 2.24) is 15.3 Å². The lowest BCUT2D eigenvalue weighted by Crippen LogP contribution is -2.24. The molecule has 106 valence electrons. The first-order valence-electron chi connectivity index (χ1n) is 6.20. The third-order valence-corrected chi connectivity index (χ3v) is 3.24. The molecule has 0 aliphatic carbocycles. The van der Waals surface area contributed by atoms with Crippen LogP contribution in [0.25, 0.3) is 0 Å². The van der Waals surface area contributed by atoms with Crippen LogP contribution in [0.1, 0.15) is 24.2 Å². The minimum atomic E-state index is -0.305. The predicted molar refractivity (Wildman–Crippen MR) is 78.2 cm³/mol. The number of aromatic nitrogens is 2. The molecule has 0 radical (unpaired) electrons. The second-order valence-electron chi connectivity index (χ2n) is 4.14. The van der Waals surface area contributed by atoms with E-state index < -0.39 is 0 Å². The number of hydrogen-bond donors (Lipinski definition) is 1. The van der Waals surface area contributed by atoms with Crippen LogP contribution in [0.3, 0.4) is 0 Å². The van der Waals surface area contributed by atoms with Gasteiger partial charge in [-0.3, -0.25) is 4.98 Å². The van der Waals surface area contributed by atoms with E-state index in [0.717, 1.165) is 5.56 Å². The zero-order valence-corrected chi connectivity index (χ0v) is 12.8. The standard InChI is InChI=1S/C14H15BrFN3O/c1-3-17-12(9-6-10(15)8-11(16)7-9)13-14(20-2)19-5-4-18-13/h4-8,12,17H,3H2,1-2H3. The molecule has 0 amide bonds. The number of methoxy groups -OCH3 is 1. The predicted octanol–water partition coefficient (Wildman–Crippen LogP) is 3.09. The van der Waals surface area contributed by atoms with Crippen molar-refractivity contribution in [2.45, 2.75) is 13.0 Å². The molecule has 0 aliphatic heterocycles. The molecule has 1 unspecified atom stereocenters. The topological polar surface area (TPSA) is 47.0 Å². The number of hydrogen-bond acceptors (Lipinski definition) is 4. The van der Waals surface area contributed by atoms with Crippen LogP contribution >= 0.6 is 15.9 Å². The van der Waals surface area contributed by atoms with Crippen LogP contribution in [-0.2, 0) is 0 Å². The fourth-order valence-electron chi connectivity index (χ4n) is 2.01. The van der Waals surface area contributed by atoms with E-state index in [4.69, 9.17) is 4.74 Å². The first-order chi connectivity index (χ1) is 9.65. The molecule has 0 saturated carbocycles. The number of benzene rings is 1. The monoisotopic (exact) mass is 339 g/mol. The third kappa shape index (κ3) is 3.32. The Morgan fingerprint density at radius 3 is 2.70 bits per heavy atom. The summed E-state index contributed by atoms with van der Waals surface area (Å²) in [5.41, 5.74) is 1.40. The van der Waals surface area contributed by atoms with Gasteiger partial charge in [-0.25, -0.2) is 9.37 Å². The molecule has 1 heterocycles. The van der Waals surface area contributed by atoms with Gasteiger partial charge >= 0.3 is 0 Å². The zero-order valence-electron chi connectivity index (χ0n) is 11.2. The van der Waals surface area contributed by atoms with Crippen LogP contribution in [-0.4, -0.2) is 23.6 Å². The Bertz CT molecular complexity index is 574. The SMILES string of the molecule is CCNC(c1cc(F)cc(Br)c1)c1nccnc1OC. The van der Waals surface area contributed by atoms with E-state index in [1.807, 2.05) is 13.0 Å². The molecule has 0 aliphatic rings. The number of ether oxygens (including phenoxy) is 1. The largest absolute Gasteiger partial charge is 0.480 e. The Labute approximate surface area is 125 Å². The van der Waals surface area contributed by atoms with Crippen molar-refractivity contribution < 1.29 is 9.13 Å². The van der Waals surface area contributed by atoms with Crippen molar-refractivity contribution >= 4 is 15.9 Å². The molecule has 1 N–H and O–H groups in total. The van der Waals surface area contributed by atoms with Crippen molar-refractivity contribution in [3.8, 4) is 5.88 Å². The van der Waals surface area contributed by atoms with Crippen LogP contribution in [0.5, 0.6) is 5.88 Å². The highest BCUT2D eigenvalue weighted by atomic mass is 79.9. The molecule has 0 bridgehead atoms. The van der Waals surface area contributed by atoms with Crippen molar-refractivity contribution in [3.63, 3.8) is 0 Å². The first kappa shape index (κ1) is 14.9. The van der Waals surface area contributed by atoms with Crippen LogP contribution in [0.4, 0.5) is 4.39 Å². The maximum atomic E-state index is 13.6. The normalized spacial score (nSPS) is 12.2. The van der Waals surface area contributed by atoms with E-state index in [0.29, 0.717) is 22.6 Å². The van der Waals surface area contributed by atoms with Crippen molar-refractivity contribution in [2.24, 2.45) is 0 Å². The van der Waals surface area contributed by atoms with Crippen LogP contribution in [0, 0.1) is 5.82 Å². The van der Waals surface area contributed by atoms with E-state index in [2.05, 4.69) is 31.2 Å². The van der Waals surface area contributed by atoms with E-state index in [-0.39, 0.29) is 11.9 Å². The second kappa shape index (κ2) is 6.76. The summed E-state index contributed by atoms with van der Waals surface area (Å²) in [5, 5.41) is 3.27. The Morgan fingerprint density at radius 2 is 2.05 bits per heavy atom.